The Bertz CT molecular complexity index is 502. The number of carbonyl (C=O) groups is 2. The molecule has 1 fully saturated rings. The zero-order valence-electron chi connectivity index (χ0n) is 11.4. The molecule has 1 unspecified atom stereocenters. The van der Waals surface area contributed by atoms with Crippen LogP contribution in [0.1, 0.15) is 19.8 Å². The summed E-state index contributed by atoms with van der Waals surface area (Å²) in [7, 11) is 0. The highest BCUT2D eigenvalue weighted by atomic mass is 16.3. The van der Waals surface area contributed by atoms with Crippen molar-refractivity contribution in [2.75, 3.05) is 23.3 Å². The van der Waals surface area contributed by atoms with Gasteiger partial charge in [0.15, 0.2) is 0 Å². The molecule has 6 nitrogen and oxygen atoms in total. The molecule has 1 aromatic rings. The first-order valence-electron chi connectivity index (χ1n) is 6.69. The van der Waals surface area contributed by atoms with Gasteiger partial charge in [0.05, 0.1) is 6.10 Å². The monoisotopic (exact) mass is 277 g/mol. The Morgan fingerprint density at radius 3 is 3.00 bits per heavy atom. The summed E-state index contributed by atoms with van der Waals surface area (Å²) in [5, 5.41) is 14.7. The zero-order valence-corrected chi connectivity index (χ0v) is 11.4. The molecule has 0 bridgehead atoms. The summed E-state index contributed by atoms with van der Waals surface area (Å²) in [6.07, 6.45) is 0.215. The van der Waals surface area contributed by atoms with Crippen LogP contribution in [-0.4, -0.2) is 36.2 Å². The second-order valence-corrected chi connectivity index (χ2v) is 4.87. The Hall–Kier alpha value is -2.08. The number of amides is 3. The van der Waals surface area contributed by atoms with E-state index in [9.17, 15) is 9.59 Å². The minimum Gasteiger partial charge on any atom is -0.393 e. The van der Waals surface area contributed by atoms with Crippen LogP contribution in [0.25, 0.3) is 0 Å². The fraction of sp³-hybridized carbons (Fsp3) is 0.429. The SMILES string of the molecule is CC(O)CCC(=O)Nc1cccc(N2CCNC2=O)c1. The summed E-state index contributed by atoms with van der Waals surface area (Å²) < 4.78 is 0. The van der Waals surface area contributed by atoms with Gasteiger partial charge in [-0.3, -0.25) is 9.69 Å². The van der Waals surface area contributed by atoms with Crippen LogP contribution in [-0.2, 0) is 4.79 Å². The summed E-state index contributed by atoms with van der Waals surface area (Å²) in [6.45, 7) is 2.90. The second kappa shape index (κ2) is 6.38. The van der Waals surface area contributed by atoms with Crippen molar-refractivity contribution in [2.45, 2.75) is 25.9 Å². The van der Waals surface area contributed by atoms with E-state index < -0.39 is 6.10 Å². The number of hydrogen-bond donors (Lipinski definition) is 3. The van der Waals surface area contributed by atoms with E-state index in [1.807, 2.05) is 6.07 Å². The number of rotatable bonds is 5. The van der Waals surface area contributed by atoms with Gasteiger partial charge >= 0.3 is 6.03 Å². The van der Waals surface area contributed by atoms with Crippen LogP contribution in [0.5, 0.6) is 0 Å². The molecule has 0 aromatic heterocycles. The molecule has 3 N–H and O–H groups in total. The van der Waals surface area contributed by atoms with Crippen molar-refractivity contribution in [1.82, 2.24) is 5.32 Å². The molecule has 1 heterocycles. The van der Waals surface area contributed by atoms with E-state index in [4.69, 9.17) is 5.11 Å². The maximum atomic E-state index is 11.7. The third-order valence-corrected chi connectivity index (χ3v) is 3.09. The van der Waals surface area contributed by atoms with Gasteiger partial charge in [0.25, 0.3) is 0 Å². The fourth-order valence-corrected chi connectivity index (χ4v) is 2.03. The van der Waals surface area contributed by atoms with Gasteiger partial charge in [-0.2, -0.15) is 0 Å². The van der Waals surface area contributed by atoms with Gasteiger partial charge < -0.3 is 15.7 Å². The van der Waals surface area contributed by atoms with Crippen molar-refractivity contribution in [3.8, 4) is 0 Å². The predicted octanol–water partition coefficient (Wildman–Crippen LogP) is 1.32. The van der Waals surface area contributed by atoms with Crippen LogP contribution in [0.2, 0.25) is 0 Å². The van der Waals surface area contributed by atoms with Gasteiger partial charge in [-0.25, -0.2) is 4.79 Å². The van der Waals surface area contributed by atoms with E-state index >= 15 is 0 Å². The Morgan fingerprint density at radius 1 is 1.55 bits per heavy atom. The molecule has 1 aromatic carbocycles. The van der Waals surface area contributed by atoms with E-state index in [1.165, 1.54) is 0 Å². The highest BCUT2D eigenvalue weighted by Gasteiger charge is 2.21. The van der Waals surface area contributed by atoms with Crippen molar-refractivity contribution >= 4 is 23.3 Å². The smallest absolute Gasteiger partial charge is 0.321 e. The molecule has 2 rings (SSSR count). The number of carbonyl (C=O) groups excluding carboxylic acids is 2. The first-order chi connectivity index (χ1) is 9.56. The molecule has 1 saturated heterocycles. The average Bonchev–Trinajstić information content (AvgIpc) is 2.83. The second-order valence-electron chi connectivity index (χ2n) is 4.87. The lowest BCUT2D eigenvalue weighted by Gasteiger charge is -2.15. The Kier molecular flexibility index (Phi) is 4.57. The van der Waals surface area contributed by atoms with Gasteiger partial charge in [0, 0.05) is 30.9 Å². The fourth-order valence-electron chi connectivity index (χ4n) is 2.03. The quantitative estimate of drug-likeness (QED) is 0.759. The molecular weight excluding hydrogens is 258 g/mol. The molecule has 108 valence electrons. The first-order valence-corrected chi connectivity index (χ1v) is 6.69. The number of benzene rings is 1. The average molecular weight is 277 g/mol. The Morgan fingerprint density at radius 2 is 2.35 bits per heavy atom. The number of aliphatic hydroxyl groups is 1. The molecule has 1 aliphatic heterocycles. The van der Waals surface area contributed by atoms with Crippen molar-refractivity contribution in [2.24, 2.45) is 0 Å². The van der Waals surface area contributed by atoms with Crippen molar-refractivity contribution in [3.63, 3.8) is 0 Å². The van der Waals surface area contributed by atoms with Gasteiger partial charge in [-0.05, 0) is 31.5 Å². The summed E-state index contributed by atoms with van der Waals surface area (Å²) in [4.78, 5) is 24.9. The summed E-state index contributed by atoms with van der Waals surface area (Å²) in [5.74, 6) is -0.145. The first kappa shape index (κ1) is 14.3. The number of hydrogen-bond acceptors (Lipinski definition) is 3. The molecule has 20 heavy (non-hydrogen) atoms. The third-order valence-electron chi connectivity index (χ3n) is 3.09. The van der Waals surface area contributed by atoms with Crippen LogP contribution < -0.4 is 15.5 Å². The molecule has 1 atom stereocenters. The summed E-state index contributed by atoms with van der Waals surface area (Å²) in [6, 6.07) is 7.05. The lowest BCUT2D eigenvalue weighted by atomic mass is 10.2. The molecule has 0 radical (unpaired) electrons. The highest BCUT2D eigenvalue weighted by Crippen LogP contribution is 2.21. The van der Waals surface area contributed by atoms with Gasteiger partial charge in [0.1, 0.15) is 0 Å². The molecule has 1 aliphatic rings. The highest BCUT2D eigenvalue weighted by molar-refractivity contribution is 5.96. The molecule has 0 aliphatic carbocycles. The number of anilines is 2. The Labute approximate surface area is 117 Å². The van der Waals surface area contributed by atoms with E-state index in [0.29, 0.717) is 25.2 Å². The molecule has 3 amide bonds. The Balaban J connectivity index is 1.99. The maximum Gasteiger partial charge on any atom is 0.321 e. The summed E-state index contributed by atoms with van der Waals surface area (Å²) >= 11 is 0. The normalized spacial score (nSPS) is 15.9. The topological polar surface area (TPSA) is 81.7 Å². The summed E-state index contributed by atoms with van der Waals surface area (Å²) in [5.41, 5.74) is 1.41. The number of nitrogens with zero attached hydrogens (tertiary/aromatic N) is 1. The lowest BCUT2D eigenvalue weighted by Crippen LogP contribution is -2.27. The minimum atomic E-state index is -0.486. The van der Waals surface area contributed by atoms with Crippen molar-refractivity contribution < 1.29 is 14.7 Å². The van der Waals surface area contributed by atoms with Crippen LogP contribution >= 0.6 is 0 Å². The zero-order chi connectivity index (χ0) is 14.5. The molecule has 6 heteroatoms. The standard InChI is InChI=1S/C14H19N3O3/c1-10(18)5-6-13(19)16-11-3-2-4-12(9-11)17-8-7-15-14(17)20/h2-4,9-10,18H,5-8H2,1H3,(H,15,20)(H,16,19). The lowest BCUT2D eigenvalue weighted by molar-refractivity contribution is -0.116. The number of urea groups is 1. The van der Waals surface area contributed by atoms with Gasteiger partial charge in [-0.1, -0.05) is 6.07 Å². The third kappa shape index (κ3) is 3.71. The van der Waals surface area contributed by atoms with Crippen LogP contribution in [0, 0.1) is 0 Å². The van der Waals surface area contributed by atoms with Crippen molar-refractivity contribution in [1.29, 1.82) is 0 Å². The van der Waals surface area contributed by atoms with Gasteiger partial charge in [-0.15, -0.1) is 0 Å². The van der Waals surface area contributed by atoms with Crippen LogP contribution in [0.4, 0.5) is 16.2 Å². The molecular formula is C14H19N3O3. The molecule has 0 saturated carbocycles. The van der Waals surface area contributed by atoms with E-state index in [0.717, 1.165) is 5.69 Å². The number of nitrogens with one attached hydrogen (secondary N) is 2. The minimum absolute atomic E-state index is 0.123. The van der Waals surface area contributed by atoms with E-state index in [2.05, 4.69) is 10.6 Å². The van der Waals surface area contributed by atoms with Crippen molar-refractivity contribution in [3.05, 3.63) is 24.3 Å². The van der Waals surface area contributed by atoms with Crippen LogP contribution in [0.15, 0.2) is 24.3 Å². The number of aliphatic hydroxyl groups excluding tert-OH is 1. The largest absolute Gasteiger partial charge is 0.393 e. The van der Waals surface area contributed by atoms with Crippen LogP contribution in [0.3, 0.4) is 0 Å². The van der Waals surface area contributed by atoms with E-state index in [1.54, 1.807) is 30.0 Å². The van der Waals surface area contributed by atoms with Gasteiger partial charge in [0.2, 0.25) is 5.91 Å². The predicted molar refractivity (Wildman–Crippen MR) is 76.7 cm³/mol. The molecule has 0 spiro atoms. The van der Waals surface area contributed by atoms with E-state index in [-0.39, 0.29) is 18.4 Å². The maximum absolute atomic E-state index is 11.7.